The predicted octanol–water partition coefficient (Wildman–Crippen LogP) is 3.09. The van der Waals surface area contributed by atoms with Crippen molar-refractivity contribution in [3.05, 3.63) is 16.4 Å². The van der Waals surface area contributed by atoms with Gasteiger partial charge in [-0.3, -0.25) is 9.58 Å². The maximum atomic E-state index is 6.33. The van der Waals surface area contributed by atoms with Crippen LogP contribution in [-0.2, 0) is 20.0 Å². The first-order valence-corrected chi connectivity index (χ1v) is 7.03. The van der Waals surface area contributed by atoms with Gasteiger partial charge >= 0.3 is 0 Å². The molecular formula is C12H21Cl2N3. The van der Waals surface area contributed by atoms with Crippen LogP contribution in [0.4, 0.5) is 0 Å². The minimum Gasteiger partial charge on any atom is -0.298 e. The number of alkyl halides is 1. The molecule has 0 bridgehead atoms. The van der Waals surface area contributed by atoms with Crippen molar-refractivity contribution in [1.82, 2.24) is 14.7 Å². The van der Waals surface area contributed by atoms with Gasteiger partial charge in [-0.15, -0.1) is 11.6 Å². The summed E-state index contributed by atoms with van der Waals surface area (Å²) in [7, 11) is 1.95. The molecular weight excluding hydrogens is 257 g/mol. The topological polar surface area (TPSA) is 21.1 Å². The lowest BCUT2D eigenvalue weighted by Gasteiger charge is -2.20. The van der Waals surface area contributed by atoms with Gasteiger partial charge in [0.15, 0.2) is 0 Å². The molecule has 0 aliphatic carbocycles. The summed E-state index contributed by atoms with van der Waals surface area (Å²) < 4.78 is 1.89. The van der Waals surface area contributed by atoms with Gasteiger partial charge in [-0.25, -0.2) is 0 Å². The van der Waals surface area contributed by atoms with Gasteiger partial charge in [-0.2, -0.15) is 5.10 Å². The predicted molar refractivity (Wildman–Crippen MR) is 73.9 cm³/mol. The van der Waals surface area contributed by atoms with E-state index >= 15 is 0 Å². The lowest BCUT2D eigenvalue weighted by molar-refractivity contribution is 0.273. The van der Waals surface area contributed by atoms with E-state index in [0.717, 1.165) is 48.9 Å². The molecule has 0 aromatic carbocycles. The van der Waals surface area contributed by atoms with Crippen molar-refractivity contribution in [1.29, 1.82) is 0 Å². The largest absolute Gasteiger partial charge is 0.298 e. The van der Waals surface area contributed by atoms with E-state index in [1.54, 1.807) is 0 Å². The van der Waals surface area contributed by atoms with Crippen molar-refractivity contribution in [2.75, 3.05) is 19.0 Å². The SMILES string of the molecule is CCc1nn(C)c(CN(CC)CCCCl)c1Cl. The average Bonchev–Trinajstić information content (AvgIpc) is 2.60. The van der Waals surface area contributed by atoms with Gasteiger partial charge in [0.1, 0.15) is 0 Å². The number of aryl methyl sites for hydroxylation is 2. The minimum atomic E-state index is 0.704. The van der Waals surface area contributed by atoms with Crippen LogP contribution in [0.3, 0.4) is 0 Å². The van der Waals surface area contributed by atoms with Gasteiger partial charge in [0, 0.05) is 19.5 Å². The Hall–Kier alpha value is -0.250. The Bertz CT molecular complexity index is 350. The average molecular weight is 278 g/mol. The Morgan fingerprint density at radius 3 is 2.53 bits per heavy atom. The van der Waals surface area contributed by atoms with Gasteiger partial charge in [-0.1, -0.05) is 25.4 Å². The second-order valence-electron chi connectivity index (χ2n) is 4.10. The molecule has 5 heteroatoms. The highest BCUT2D eigenvalue weighted by Gasteiger charge is 2.15. The summed E-state index contributed by atoms with van der Waals surface area (Å²) in [5.74, 6) is 0.704. The summed E-state index contributed by atoms with van der Waals surface area (Å²) in [6.45, 7) is 7.07. The highest BCUT2D eigenvalue weighted by molar-refractivity contribution is 6.31. The van der Waals surface area contributed by atoms with Crippen molar-refractivity contribution in [3.8, 4) is 0 Å². The van der Waals surface area contributed by atoms with Gasteiger partial charge in [-0.05, 0) is 25.9 Å². The molecule has 0 aliphatic rings. The molecule has 0 saturated carbocycles. The zero-order chi connectivity index (χ0) is 12.8. The lowest BCUT2D eigenvalue weighted by atomic mass is 10.3. The van der Waals surface area contributed by atoms with Crippen LogP contribution in [0.5, 0.6) is 0 Å². The van der Waals surface area contributed by atoms with Crippen LogP contribution < -0.4 is 0 Å². The van der Waals surface area contributed by atoms with E-state index in [2.05, 4.69) is 23.8 Å². The standard InChI is InChI=1S/C12H21Cl2N3/c1-4-10-12(14)11(16(3)15-10)9-17(5-2)8-6-7-13/h4-9H2,1-3H3. The highest BCUT2D eigenvalue weighted by Crippen LogP contribution is 2.22. The molecule has 3 nitrogen and oxygen atoms in total. The molecule has 1 aromatic rings. The third kappa shape index (κ3) is 3.87. The molecule has 0 amide bonds. The molecule has 0 aliphatic heterocycles. The van der Waals surface area contributed by atoms with E-state index in [4.69, 9.17) is 23.2 Å². The van der Waals surface area contributed by atoms with Crippen LogP contribution >= 0.6 is 23.2 Å². The van der Waals surface area contributed by atoms with Crippen molar-refractivity contribution in [2.24, 2.45) is 7.05 Å². The maximum absolute atomic E-state index is 6.33. The first-order valence-electron chi connectivity index (χ1n) is 6.12. The molecule has 0 spiro atoms. The zero-order valence-corrected chi connectivity index (χ0v) is 12.4. The molecule has 0 radical (unpaired) electrons. The summed E-state index contributed by atoms with van der Waals surface area (Å²) in [5.41, 5.74) is 2.08. The Kier molecular flexibility index (Phi) is 6.31. The smallest absolute Gasteiger partial charge is 0.0863 e. The van der Waals surface area contributed by atoms with E-state index in [-0.39, 0.29) is 0 Å². The second-order valence-corrected chi connectivity index (χ2v) is 4.85. The van der Waals surface area contributed by atoms with E-state index in [1.165, 1.54) is 0 Å². The number of aromatic nitrogens is 2. The fourth-order valence-corrected chi connectivity index (χ4v) is 2.31. The normalized spacial score (nSPS) is 11.4. The zero-order valence-electron chi connectivity index (χ0n) is 10.8. The van der Waals surface area contributed by atoms with Crippen LogP contribution in [0, 0.1) is 0 Å². The van der Waals surface area contributed by atoms with Crippen molar-refractivity contribution in [3.63, 3.8) is 0 Å². The molecule has 98 valence electrons. The fourth-order valence-electron chi connectivity index (χ4n) is 1.84. The number of nitrogens with zero attached hydrogens (tertiary/aromatic N) is 3. The van der Waals surface area contributed by atoms with Gasteiger partial charge < -0.3 is 0 Å². The van der Waals surface area contributed by atoms with E-state index in [1.807, 2.05) is 11.7 Å². The second kappa shape index (κ2) is 7.24. The third-order valence-electron chi connectivity index (χ3n) is 2.93. The van der Waals surface area contributed by atoms with Gasteiger partial charge in [0.2, 0.25) is 0 Å². The first-order chi connectivity index (χ1) is 8.13. The summed E-state index contributed by atoms with van der Waals surface area (Å²) in [6, 6.07) is 0. The van der Waals surface area contributed by atoms with Gasteiger partial charge in [0.05, 0.1) is 16.4 Å². The molecule has 0 fully saturated rings. The minimum absolute atomic E-state index is 0.704. The Balaban J connectivity index is 2.75. The number of hydrogen-bond donors (Lipinski definition) is 0. The summed E-state index contributed by atoms with van der Waals surface area (Å²) >= 11 is 12.1. The molecule has 1 rings (SSSR count). The molecule has 0 atom stereocenters. The molecule has 0 saturated heterocycles. The number of rotatable bonds is 7. The number of halogens is 2. The Morgan fingerprint density at radius 2 is 2.06 bits per heavy atom. The molecule has 17 heavy (non-hydrogen) atoms. The number of hydrogen-bond acceptors (Lipinski definition) is 2. The Morgan fingerprint density at radius 1 is 1.35 bits per heavy atom. The maximum Gasteiger partial charge on any atom is 0.0863 e. The lowest BCUT2D eigenvalue weighted by Crippen LogP contribution is -2.25. The van der Waals surface area contributed by atoms with E-state index in [0.29, 0.717) is 5.88 Å². The van der Waals surface area contributed by atoms with E-state index in [9.17, 15) is 0 Å². The van der Waals surface area contributed by atoms with Crippen molar-refractivity contribution >= 4 is 23.2 Å². The molecule has 1 heterocycles. The Labute approximate surface area is 114 Å². The van der Waals surface area contributed by atoms with Crippen molar-refractivity contribution in [2.45, 2.75) is 33.2 Å². The summed E-state index contributed by atoms with van der Waals surface area (Å²) in [6.07, 6.45) is 1.88. The molecule has 1 aromatic heterocycles. The molecule has 0 unspecified atom stereocenters. The highest BCUT2D eigenvalue weighted by atomic mass is 35.5. The van der Waals surface area contributed by atoms with E-state index < -0.39 is 0 Å². The third-order valence-corrected chi connectivity index (χ3v) is 3.64. The van der Waals surface area contributed by atoms with Crippen LogP contribution in [0.1, 0.15) is 31.7 Å². The quantitative estimate of drug-likeness (QED) is 0.715. The van der Waals surface area contributed by atoms with Crippen LogP contribution in [0.2, 0.25) is 5.02 Å². The first kappa shape index (κ1) is 14.8. The summed E-state index contributed by atoms with van der Waals surface area (Å²) in [4.78, 5) is 2.34. The summed E-state index contributed by atoms with van der Waals surface area (Å²) in [5, 5.41) is 5.25. The molecule has 0 N–H and O–H groups in total. The fraction of sp³-hybridized carbons (Fsp3) is 0.750. The monoisotopic (exact) mass is 277 g/mol. The van der Waals surface area contributed by atoms with Crippen LogP contribution in [-0.4, -0.2) is 33.6 Å². The van der Waals surface area contributed by atoms with Crippen LogP contribution in [0.25, 0.3) is 0 Å². The van der Waals surface area contributed by atoms with Crippen LogP contribution in [0.15, 0.2) is 0 Å². The van der Waals surface area contributed by atoms with Gasteiger partial charge in [0.25, 0.3) is 0 Å². The van der Waals surface area contributed by atoms with Crippen molar-refractivity contribution < 1.29 is 0 Å².